The van der Waals surface area contributed by atoms with Gasteiger partial charge in [-0.1, -0.05) is 18.5 Å². The number of ether oxygens (including phenoxy) is 1. The predicted molar refractivity (Wildman–Crippen MR) is 74.4 cm³/mol. The van der Waals surface area contributed by atoms with E-state index in [1.165, 1.54) is 0 Å². The van der Waals surface area contributed by atoms with Crippen molar-refractivity contribution in [2.45, 2.75) is 19.4 Å². The van der Waals surface area contributed by atoms with Crippen molar-refractivity contribution in [2.75, 3.05) is 37.7 Å². The Morgan fingerprint density at radius 3 is 3.17 bits per heavy atom. The largest absolute Gasteiger partial charge is 0.377 e. The molecule has 1 atom stereocenters. The molecule has 0 aromatic carbocycles. The van der Waals surface area contributed by atoms with Crippen LogP contribution in [-0.2, 0) is 4.74 Å². The van der Waals surface area contributed by atoms with Gasteiger partial charge in [0, 0.05) is 19.3 Å². The van der Waals surface area contributed by atoms with Crippen LogP contribution in [0.4, 0.5) is 5.82 Å². The Balaban J connectivity index is 2.00. The molecule has 0 saturated carbocycles. The van der Waals surface area contributed by atoms with Gasteiger partial charge in [0.05, 0.1) is 24.3 Å². The van der Waals surface area contributed by atoms with E-state index in [1.807, 2.05) is 12.1 Å². The summed E-state index contributed by atoms with van der Waals surface area (Å²) in [6.45, 7) is 6.53. The third-order valence-corrected chi connectivity index (χ3v) is 3.26. The van der Waals surface area contributed by atoms with E-state index >= 15 is 0 Å². The van der Waals surface area contributed by atoms with E-state index in [-0.39, 0.29) is 0 Å². The van der Waals surface area contributed by atoms with Crippen LogP contribution in [0.2, 0.25) is 5.02 Å². The molecule has 1 N–H and O–H groups in total. The van der Waals surface area contributed by atoms with Gasteiger partial charge in [0.1, 0.15) is 5.82 Å². The molecular formula is C13H20ClN3O. The quantitative estimate of drug-likeness (QED) is 0.829. The van der Waals surface area contributed by atoms with E-state index in [0.29, 0.717) is 11.1 Å². The molecule has 0 amide bonds. The maximum atomic E-state index is 5.87. The predicted octanol–water partition coefficient (Wildman–Crippen LogP) is 1.94. The second kappa shape index (κ2) is 6.92. The SMILES string of the molecule is CCCNCC1COCCN1c1ccc(Cl)cn1. The first kappa shape index (κ1) is 13.6. The maximum absolute atomic E-state index is 5.87. The molecule has 1 aliphatic rings. The Morgan fingerprint density at radius 1 is 1.56 bits per heavy atom. The van der Waals surface area contributed by atoms with Crippen LogP contribution in [0, 0.1) is 0 Å². The van der Waals surface area contributed by atoms with Crippen molar-refractivity contribution < 1.29 is 4.74 Å². The van der Waals surface area contributed by atoms with E-state index in [1.54, 1.807) is 6.20 Å². The first-order valence-electron chi connectivity index (χ1n) is 6.48. The van der Waals surface area contributed by atoms with Gasteiger partial charge in [0.2, 0.25) is 0 Å². The highest BCUT2D eigenvalue weighted by Crippen LogP contribution is 2.18. The van der Waals surface area contributed by atoms with Crippen molar-refractivity contribution in [2.24, 2.45) is 0 Å². The zero-order valence-electron chi connectivity index (χ0n) is 10.7. The van der Waals surface area contributed by atoms with Crippen molar-refractivity contribution in [1.29, 1.82) is 0 Å². The molecule has 1 aliphatic heterocycles. The molecule has 4 nitrogen and oxygen atoms in total. The Labute approximate surface area is 113 Å². The number of aromatic nitrogens is 1. The Hall–Kier alpha value is -0.840. The number of anilines is 1. The molecule has 1 fully saturated rings. The molecule has 5 heteroatoms. The number of rotatable bonds is 5. The lowest BCUT2D eigenvalue weighted by molar-refractivity contribution is 0.0934. The van der Waals surface area contributed by atoms with E-state index in [4.69, 9.17) is 16.3 Å². The first-order valence-corrected chi connectivity index (χ1v) is 6.85. The lowest BCUT2D eigenvalue weighted by Crippen LogP contribution is -2.51. The lowest BCUT2D eigenvalue weighted by atomic mass is 10.2. The number of nitrogens with zero attached hydrogens (tertiary/aromatic N) is 2. The van der Waals surface area contributed by atoms with Gasteiger partial charge < -0.3 is 15.0 Å². The standard InChI is InChI=1S/C13H20ClN3O/c1-2-5-15-9-12-10-18-7-6-17(12)13-4-3-11(14)8-16-13/h3-4,8,12,15H,2,5-7,9-10H2,1H3. The molecule has 0 aliphatic carbocycles. The summed E-state index contributed by atoms with van der Waals surface area (Å²) < 4.78 is 5.55. The highest BCUT2D eigenvalue weighted by Gasteiger charge is 2.23. The second-order valence-electron chi connectivity index (χ2n) is 4.46. The molecule has 0 bridgehead atoms. The van der Waals surface area contributed by atoms with Crippen molar-refractivity contribution >= 4 is 17.4 Å². The highest BCUT2D eigenvalue weighted by molar-refractivity contribution is 6.30. The van der Waals surface area contributed by atoms with Crippen molar-refractivity contribution in [3.63, 3.8) is 0 Å². The van der Waals surface area contributed by atoms with Gasteiger partial charge in [-0.05, 0) is 25.1 Å². The number of nitrogens with one attached hydrogen (secondary N) is 1. The van der Waals surface area contributed by atoms with Gasteiger partial charge in [-0.3, -0.25) is 0 Å². The molecule has 2 rings (SSSR count). The molecule has 1 unspecified atom stereocenters. The van der Waals surface area contributed by atoms with Crippen molar-refractivity contribution in [3.05, 3.63) is 23.4 Å². The van der Waals surface area contributed by atoms with E-state index in [0.717, 1.165) is 45.1 Å². The zero-order chi connectivity index (χ0) is 12.8. The normalized spacial score (nSPS) is 20.1. The fraction of sp³-hybridized carbons (Fsp3) is 0.615. The molecule has 18 heavy (non-hydrogen) atoms. The summed E-state index contributed by atoms with van der Waals surface area (Å²) in [5.74, 6) is 0.978. The number of halogens is 1. The summed E-state index contributed by atoms with van der Waals surface area (Å²) in [6.07, 6.45) is 2.84. The van der Waals surface area contributed by atoms with Gasteiger partial charge in [-0.15, -0.1) is 0 Å². The van der Waals surface area contributed by atoms with Crippen LogP contribution in [-0.4, -0.2) is 43.9 Å². The van der Waals surface area contributed by atoms with Gasteiger partial charge in [0.15, 0.2) is 0 Å². The molecule has 1 aromatic rings. The zero-order valence-corrected chi connectivity index (χ0v) is 11.5. The van der Waals surface area contributed by atoms with Crippen LogP contribution in [0.3, 0.4) is 0 Å². The third-order valence-electron chi connectivity index (χ3n) is 3.04. The summed E-state index contributed by atoms with van der Waals surface area (Å²) in [4.78, 5) is 6.69. The van der Waals surface area contributed by atoms with Gasteiger partial charge >= 0.3 is 0 Å². The summed E-state index contributed by atoms with van der Waals surface area (Å²) in [5, 5.41) is 4.11. The van der Waals surface area contributed by atoms with Gasteiger partial charge in [-0.2, -0.15) is 0 Å². The van der Waals surface area contributed by atoms with Crippen LogP contribution in [0.1, 0.15) is 13.3 Å². The van der Waals surface area contributed by atoms with E-state index in [9.17, 15) is 0 Å². The molecule has 1 aromatic heterocycles. The minimum Gasteiger partial charge on any atom is -0.377 e. The first-order chi connectivity index (χ1) is 8.81. The van der Waals surface area contributed by atoms with Crippen molar-refractivity contribution in [1.82, 2.24) is 10.3 Å². The summed E-state index contributed by atoms with van der Waals surface area (Å²) in [5.41, 5.74) is 0. The maximum Gasteiger partial charge on any atom is 0.129 e. The van der Waals surface area contributed by atoms with Crippen LogP contribution >= 0.6 is 11.6 Å². The topological polar surface area (TPSA) is 37.4 Å². The summed E-state index contributed by atoms with van der Waals surface area (Å²) >= 11 is 5.87. The number of hydrogen-bond acceptors (Lipinski definition) is 4. The average Bonchev–Trinajstić information content (AvgIpc) is 2.41. The van der Waals surface area contributed by atoms with Crippen molar-refractivity contribution in [3.8, 4) is 0 Å². The van der Waals surface area contributed by atoms with Crippen LogP contribution in [0.5, 0.6) is 0 Å². The van der Waals surface area contributed by atoms with Gasteiger partial charge in [-0.25, -0.2) is 4.98 Å². The van der Waals surface area contributed by atoms with Gasteiger partial charge in [0.25, 0.3) is 0 Å². The molecular weight excluding hydrogens is 250 g/mol. The fourth-order valence-electron chi connectivity index (χ4n) is 2.11. The molecule has 2 heterocycles. The average molecular weight is 270 g/mol. The summed E-state index contributed by atoms with van der Waals surface area (Å²) in [6, 6.07) is 4.20. The monoisotopic (exact) mass is 269 g/mol. The number of hydrogen-bond donors (Lipinski definition) is 1. The smallest absolute Gasteiger partial charge is 0.129 e. The van der Waals surface area contributed by atoms with E-state index < -0.39 is 0 Å². The Morgan fingerprint density at radius 2 is 2.44 bits per heavy atom. The molecule has 1 saturated heterocycles. The van der Waals surface area contributed by atoms with Crippen LogP contribution in [0.15, 0.2) is 18.3 Å². The minimum absolute atomic E-state index is 0.346. The fourth-order valence-corrected chi connectivity index (χ4v) is 2.22. The Kier molecular flexibility index (Phi) is 5.23. The number of morpholine rings is 1. The second-order valence-corrected chi connectivity index (χ2v) is 4.90. The summed E-state index contributed by atoms with van der Waals surface area (Å²) in [7, 11) is 0. The Bertz CT molecular complexity index is 358. The minimum atomic E-state index is 0.346. The number of pyridine rings is 1. The molecule has 100 valence electrons. The van der Waals surface area contributed by atoms with Crippen LogP contribution in [0.25, 0.3) is 0 Å². The lowest BCUT2D eigenvalue weighted by Gasteiger charge is -2.36. The molecule has 0 radical (unpaired) electrons. The van der Waals surface area contributed by atoms with E-state index in [2.05, 4.69) is 22.1 Å². The van der Waals surface area contributed by atoms with Crippen LogP contribution < -0.4 is 10.2 Å². The third kappa shape index (κ3) is 3.57. The highest BCUT2D eigenvalue weighted by atomic mass is 35.5. The molecule has 0 spiro atoms.